The van der Waals surface area contributed by atoms with Gasteiger partial charge in [-0.2, -0.15) is 5.10 Å². The highest BCUT2D eigenvalue weighted by Crippen LogP contribution is 2.29. The third kappa shape index (κ3) is 7.40. The Morgan fingerprint density at radius 1 is 0.889 bits per heavy atom. The molecule has 0 saturated heterocycles. The number of nitrogens with zero attached hydrogens (tertiary/aromatic N) is 4. The lowest BCUT2D eigenvalue weighted by Crippen LogP contribution is -2.16. The Hall–Kier alpha value is -6.24. The lowest BCUT2D eigenvalue weighted by molar-refractivity contribution is -0.386. The summed E-state index contributed by atoms with van der Waals surface area (Å²) >= 11 is 0. The highest BCUT2D eigenvalue weighted by Gasteiger charge is 2.17. The number of rotatable bonds is 12. The second kappa shape index (κ2) is 13.4. The number of hydrogen-bond donors (Lipinski definition) is 1. The van der Waals surface area contributed by atoms with E-state index < -0.39 is 15.8 Å². The zero-order valence-corrected chi connectivity index (χ0v) is 24.2. The number of carbonyl (C=O) groups is 1. The molecule has 0 atom stereocenters. The van der Waals surface area contributed by atoms with E-state index in [0.29, 0.717) is 22.6 Å². The molecule has 2 aromatic heterocycles. The summed E-state index contributed by atoms with van der Waals surface area (Å²) in [5, 5.41) is 26.5. The van der Waals surface area contributed by atoms with Crippen molar-refractivity contribution in [1.82, 2.24) is 9.99 Å². The molecule has 2 heterocycles. The van der Waals surface area contributed by atoms with E-state index in [-0.39, 0.29) is 36.1 Å². The summed E-state index contributed by atoms with van der Waals surface area (Å²) in [6.45, 7) is 4.08. The second-order valence-electron chi connectivity index (χ2n) is 9.90. The fourth-order valence-electron chi connectivity index (χ4n) is 4.52. The van der Waals surface area contributed by atoms with Crippen LogP contribution in [0.5, 0.6) is 11.5 Å². The van der Waals surface area contributed by atoms with Gasteiger partial charge in [-0.3, -0.25) is 25.0 Å². The van der Waals surface area contributed by atoms with Crippen molar-refractivity contribution in [3.8, 4) is 17.2 Å². The minimum Gasteiger partial charge on any atom is -0.486 e. The Morgan fingerprint density at radius 2 is 1.64 bits per heavy atom. The van der Waals surface area contributed by atoms with Crippen molar-refractivity contribution in [1.29, 1.82) is 0 Å². The Bertz CT molecular complexity index is 1870. The van der Waals surface area contributed by atoms with E-state index in [2.05, 4.69) is 27.2 Å². The first-order chi connectivity index (χ1) is 21.7. The number of nitro groups is 2. The number of furan rings is 1. The maximum absolute atomic E-state index is 12.5. The molecule has 13 nitrogen and oxygen atoms in total. The number of nitro benzene ring substituents is 2. The van der Waals surface area contributed by atoms with E-state index in [1.807, 2.05) is 38.1 Å². The highest BCUT2D eigenvalue weighted by molar-refractivity contribution is 5.92. The lowest BCUT2D eigenvalue weighted by atomic mass is 10.2. The molecule has 5 rings (SSSR count). The molecule has 1 N–H and O–H groups in total. The predicted octanol–water partition coefficient (Wildman–Crippen LogP) is 6.43. The summed E-state index contributed by atoms with van der Waals surface area (Å²) in [7, 11) is 0. The predicted molar refractivity (Wildman–Crippen MR) is 164 cm³/mol. The molecule has 0 bridgehead atoms. The third-order valence-corrected chi connectivity index (χ3v) is 6.71. The van der Waals surface area contributed by atoms with Gasteiger partial charge in [0, 0.05) is 40.8 Å². The van der Waals surface area contributed by atoms with Crippen molar-refractivity contribution in [3.05, 3.63) is 145 Å². The van der Waals surface area contributed by atoms with Gasteiger partial charge >= 0.3 is 11.6 Å². The summed E-state index contributed by atoms with van der Waals surface area (Å²) in [5.41, 5.74) is 5.97. The third-order valence-electron chi connectivity index (χ3n) is 6.71. The summed E-state index contributed by atoms with van der Waals surface area (Å²) in [4.78, 5) is 34.0. The van der Waals surface area contributed by atoms with Crippen LogP contribution in [0.15, 0.2) is 101 Å². The molecule has 0 fully saturated rings. The fourth-order valence-corrected chi connectivity index (χ4v) is 4.52. The molecule has 0 aliphatic carbocycles. The number of hydrazone groups is 1. The van der Waals surface area contributed by atoms with Crippen LogP contribution in [0, 0.1) is 34.1 Å². The van der Waals surface area contributed by atoms with Gasteiger partial charge in [-0.15, -0.1) is 0 Å². The Balaban J connectivity index is 1.14. The molecule has 0 unspecified atom stereocenters. The molecule has 0 aliphatic heterocycles. The van der Waals surface area contributed by atoms with Gasteiger partial charge in [0.25, 0.3) is 5.69 Å². The molecule has 1 amide bonds. The molecule has 3 aromatic carbocycles. The van der Waals surface area contributed by atoms with Gasteiger partial charge in [-0.1, -0.05) is 12.1 Å². The van der Waals surface area contributed by atoms with Crippen LogP contribution in [0.4, 0.5) is 11.4 Å². The van der Waals surface area contributed by atoms with Gasteiger partial charge in [0.15, 0.2) is 11.5 Å². The fraction of sp³-hybridized carbons (Fsp3) is 0.125. The maximum Gasteiger partial charge on any atom is 0.311 e. The van der Waals surface area contributed by atoms with Crippen LogP contribution in [0.1, 0.15) is 38.8 Å². The number of benzene rings is 3. The maximum atomic E-state index is 12.5. The Labute approximate surface area is 256 Å². The minimum absolute atomic E-state index is 0.00975. The molecular formula is C32H27N5O8. The zero-order chi connectivity index (χ0) is 31.9. The van der Waals surface area contributed by atoms with Crippen molar-refractivity contribution in [2.24, 2.45) is 5.10 Å². The van der Waals surface area contributed by atoms with Crippen LogP contribution in [0.2, 0.25) is 0 Å². The molecule has 0 spiro atoms. The number of carbonyl (C=O) groups excluding carboxylic acids is 1. The van der Waals surface area contributed by atoms with E-state index in [1.54, 1.807) is 12.1 Å². The van der Waals surface area contributed by atoms with Crippen molar-refractivity contribution < 1.29 is 28.5 Å². The molecule has 13 heteroatoms. The first kappa shape index (κ1) is 30.2. The lowest BCUT2D eigenvalue weighted by Gasteiger charge is -2.10. The largest absolute Gasteiger partial charge is 0.486 e. The van der Waals surface area contributed by atoms with Crippen LogP contribution in [0.3, 0.4) is 0 Å². The quantitative estimate of drug-likeness (QED) is 0.0961. The number of aromatic nitrogens is 1. The number of aryl methyl sites for hydroxylation is 2. The van der Waals surface area contributed by atoms with Crippen molar-refractivity contribution in [2.45, 2.75) is 27.1 Å². The topological polar surface area (TPSA) is 164 Å². The molecule has 228 valence electrons. The first-order valence-electron chi connectivity index (χ1n) is 13.6. The number of nitrogens with one attached hydrogen (secondary N) is 1. The van der Waals surface area contributed by atoms with Gasteiger partial charge in [-0.05, 0) is 80.1 Å². The van der Waals surface area contributed by atoms with Crippen LogP contribution in [-0.4, -0.2) is 26.5 Å². The molecule has 0 aliphatic rings. The minimum atomic E-state index is -0.621. The summed E-state index contributed by atoms with van der Waals surface area (Å²) in [6.07, 6.45) is 1.24. The molecule has 45 heavy (non-hydrogen) atoms. The van der Waals surface area contributed by atoms with Crippen molar-refractivity contribution in [3.63, 3.8) is 0 Å². The smallest absolute Gasteiger partial charge is 0.311 e. The highest BCUT2D eigenvalue weighted by atomic mass is 16.6. The van der Waals surface area contributed by atoms with Gasteiger partial charge in [0.1, 0.15) is 24.7 Å². The molecule has 0 radical (unpaired) electrons. The van der Waals surface area contributed by atoms with Crippen LogP contribution >= 0.6 is 0 Å². The molecule has 0 saturated carbocycles. The Kier molecular flexibility index (Phi) is 8.99. The van der Waals surface area contributed by atoms with Crippen LogP contribution in [-0.2, 0) is 13.2 Å². The van der Waals surface area contributed by atoms with E-state index in [0.717, 1.165) is 17.1 Å². The van der Waals surface area contributed by atoms with Crippen LogP contribution < -0.4 is 14.9 Å². The van der Waals surface area contributed by atoms with Crippen LogP contribution in [0.25, 0.3) is 5.69 Å². The SMILES string of the molecule is Cc1ccc(C)n1-c1ccc(OCc2ccc(C(=O)N/N=C/c3ccc(OCc4cccc([N+](=O)[O-])c4)c([N+](=O)[O-])c3)o2)cc1. The second-order valence-corrected chi connectivity index (χ2v) is 9.90. The van der Waals surface area contributed by atoms with Crippen molar-refractivity contribution >= 4 is 23.5 Å². The van der Waals surface area contributed by atoms with Crippen molar-refractivity contribution in [2.75, 3.05) is 0 Å². The Morgan fingerprint density at radius 3 is 2.36 bits per heavy atom. The molecular weight excluding hydrogens is 582 g/mol. The monoisotopic (exact) mass is 609 g/mol. The number of amides is 1. The van der Waals surface area contributed by atoms with E-state index in [1.165, 1.54) is 48.7 Å². The van der Waals surface area contributed by atoms with Gasteiger partial charge < -0.3 is 18.5 Å². The first-order valence-corrected chi connectivity index (χ1v) is 13.6. The standard InChI is InChI=1S/C32H27N5O8/c1-21-6-7-22(2)35(21)25-9-11-27(12-10-25)43-20-28-13-15-31(45-28)32(38)34-33-18-23-8-14-30(29(17-23)37(41)42)44-19-24-4-3-5-26(16-24)36(39)40/h3-18H,19-20H2,1-2H3,(H,34,38)/b33-18+. The number of ether oxygens (including phenoxy) is 2. The number of hydrogen-bond acceptors (Lipinski definition) is 9. The summed E-state index contributed by atoms with van der Waals surface area (Å²) in [5.74, 6) is 0.436. The van der Waals surface area contributed by atoms with E-state index in [9.17, 15) is 25.0 Å². The molecule has 5 aromatic rings. The van der Waals surface area contributed by atoms with E-state index in [4.69, 9.17) is 13.9 Å². The van der Waals surface area contributed by atoms with Gasteiger partial charge in [-0.25, -0.2) is 5.43 Å². The average molecular weight is 610 g/mol. The summed E-state index contributed by atoms with van der Waals surface area (Å²) in [6, 6.07) is 24.8. The average Bonchev–Trinajstić information content (AvgIpc) is 3.65. The number of non-ortho nitro benzene ring substituents is 1. The normalized spacial score (nSPS) is 11.0. The van der Waals surface area contributed by atoms with E-state index >= 15 is 0 Å². The van der Waals surface area contributed by atoms with Gasteiger partial charge in [0.05, 0.1) is 16.1 Å². The zero-order valence-electron chi connectivity index (χ0n) is 24.2. The van der Waals surface area contributed by atoms with Gasteiger partial charge in [0.2, 0.25) is 0 Å². The summed E-state index contributed by atoms with van der Waals surface area (Å²) < 4.78 is 19.1.